The number of ether oxygens (including phenoxy) is 2. The minimum Gasteiger partial charge on any atom is -0.493 e. The summed E-state index contributed by atoms with van der Waals surface area (Å²) in [5, 5.41) is 2.93. The number of hydrogen-bond donors (Lipinski definition) is 1. The number of amides is 2. The van der Waals surface area contributed by atoms with E-state index < -0.39 is 0 Å². The van der Waals surface area contributed by atoms with Gasteiger partial charge in [0, 0.05) is 24.5 Å². The number of hydrogen-bond acceptors (Lipinski definition) is 5. The Balaban J connectivity index is 1.39. The topological polar surface area (TPSA) is 67.9 Å². The molecule has 0 radical (unpaired) electrons. The first-order valence-corrected chi connectivity index (χ1v) is 11.1. The Labute approximate surface area is 181 Å². The molecule has 1 fully saturated rings. The summed E-state index contributed by atoms with van der Waals surface area (Å²) in [7, 11) is 1.57. The molecule has 2 amide bonds. The van der Waals surface area contributed by atoms with Crippen molar-refractivity contribution in [3.05, 3.63) is 54.6 Å². The minimum absolute atomic E-state index is 0.0660. The van der Waals surface area contributed by atoms with E-state index >= 15 is 0 Å². The summed E-state index contributed by atoms with van der Waals surface area (Å²) in [5.74, 6) is 1.82. The van der Waals surface area contributed by atoms with E-state index in [9.17, 15) is 9.59 Å². The normalized spacial score (nSPS) is 16.0. The van der Waals surface area contributed by atoms with Crippen molar-refractivity contribution in [3.8, 4) is 11.5 Å². The molecule has 0 aromatic heterocycles. The zero-order valence-electron chi connectivity index (χ0n) is 17.2. The molecule has 1 saturated heterocycles. The van der Waals surface area contributed by atoms with E-state index in [0.717, 1.165) is 24.3 Å². The molecule has 30 heavy (non-hydrogen) atoms. The van der Waals surface area contributed by atoms with E-state index in [4.69, 9.17) is 9.47 Å². The predicted molar refractivity (Wildman–Crippen MR) is 118 cm³/mol. The lowest BCUT2D eigenvalue weighted by molar-refractivity contribution is -0.130. The van der Waals surface area contributed by atoms with Crippen molar-refractivity contribution in [1.29, 1.82) is 0 Å². The van der Waals surface area contributed by atoms with Crippen molar-refractivity contribution >= 4 is 23.6 Å². The maximum atomic E-state index is 12.6. The van der Waals surface area contributed by atoms with E-state index in [-0.39, 0.29) is 24.3 Å². The Kier molecular flexibility index (Phi) is 8.44. The Morgan fingerprint density at radius 3 is 2.60 bits per heavy atom. The molecule has 1 atom stereocenters. The zero-order valence-corrected chi connectivity index (χ0v) is 18.0. The molecule has 1 N–H and O–H groups in total. The first-order valence-electron chi connectivity index (χ1n) is 10.1. The quantitative estimate of drug-likeness (QED) is 0.621. The van der Waals surface area contributed by atoms with Gasteiger partial charge in [-0.2, -0.15) is 0 Å². The summed E-state index contributed by atoms with van der Waals surface area (Å²) in [6.07, 6.45) is 1.96. The fraction of sp³-hybridized carbons (Fsp3) is 0.391. The van der Waals surface area contributed by atoms with Gasteiger partial charge in [-0.15, -0.1) is 11.8 Å². The molecule has 160 valence electrons. The molecule has 0 saturated carbocycles. The maximum Gasteiger partial charge on any atom is 0.257 e. The van der Waals surface area contributed by atoms with Crippen molar-refractivity contribution in [3.63, 3.8) is 0 Å². The van der Waals surface area contributed by atoms with Crippen LogP contribution < -0.4 is 14.8 Å². The van der Waals surface area contributed by atoms with E-state index in [2.05, 4.69) is 5.32 Å². The Hall–Kier alpha value is -2.67. The molecule has 7 heteroatoms. The summed E-state index contributed by atoms with van der Waals surface area (Å²) in [6, 6.07) is 17.2. The summed E-state index contributed by atoms with van der Waals surface area (Å²) in [6.45, 7) is 1.95. The van der Waals surface area contributed by atoms with Crippen LogP contribution in [0.4, 0.5) is 0 Å². The van der Waals surface area contributed by atoms with E-state index in [1.165, 1.54) is 0 Å². The molecular weight excluding hydrogens is 400 g/mol. The van der Waals surface area contributed by atoms with Gasteiger partial charge in [-0.3, -0.25) is 9.59 Å². The van der Waals surface area contributed by atoms with Gasteiger partial charge in [0.1, 0.15) is 0 Å². The Bertz CT molecular complexity index is 831. The number of thioether (sulfide) groups is 1. The molecule has 2 aromatic carbocycles. The van der Waals surface area contributed by atoms with Gasteiger partial charge in [-0.25, -0.2) is 0 Å². The standard InChI is InChI=1S/C23H28N2O4S/c1-28-20-11-5-6-12-21(20)29-16-22(26)24-14-18-8-7-13-25(15-18)23(27)17-30-19-9-3-2-4-10-19/h2-6,9-12,18H,7-8,13-17H2,1H3,(H,24,26)/t18-/m0/s1. The number of rotatable bonds is 9. The van der Waals surface area contributed by atoms with Gasteiger partial charge in [-0.05, 0) is 43.0 Å². The first-order chi connectivity index (χ1) is 14.7. The van der Waals surface area contributed by atoms with Crippen LogP contribution in [0.5, 0.6) is 11.5 Å². The lowest BCUT2D eigenvalue weighted by Crippen LogP contribution is -2.44. The SMILES string of the molecule is COc1ccccc1OCC(=O)NC[C@@H]1CCCN(C(=O)CSc2ccccc2)C1. The monoisotopic (exact) mass is 428 g/mol. The van der Waals surface area contributed by atoms with E-state index in [0.29, 0.717) is 30.3 Å². The van der Waals surface area contributed by atoms with Gasteiger partial charge >= 0.3 is 0 Å². The van der Waals surface area contributed by atoms with Gasteiger partial charge in [0.25, 0.3) is 5.91 Å². The Morgan fingerprint density at radius 1 is 1.10 bits per heavy atom. The predicted octanol–water partition coefficient (Wildman–Crippen LogP) is 3.22. The van der Waals surface area contributed by atoms with Crippen LogP contribution >= 0.6 is 11.8 Å². The summed E-state index contributed by atoms with van der Waals surface area (Å²) in [5.41, 5.74) is 0. The molecule has 0 bridgehead atoms. The summed E-state index contributed by atoms with van der Waals surface area (Å²) < 4.78 is 10.8. The molecule has 0 aliphatic carbocycles. The summed E-state index contributed by atoms with van der Waals surface area (Å²) >= 11 is 1.56. The minimum atomic E-state index is -0.177. The third kappa shape index (κ3) is 6.69. The molecule has 1 aliphatic rings. The van der Waals surface area contributed by atoms with Gasteiger partial charge in [0.2, 0.25) is 5.91 Å². The molecule has 1 heterocycles. The highest BCUT2D eigenvalue weighted by Crippen LogP contribution is 2.25. The fourth-order valence-electron chi connectivity index (χ4n) is 3.40. The third-order valence-electron chi connectivity index (χ3n) is 4.99. The van der Waals surface area contributed by atoms with Crippen LogP contribution in [0.15, 0.2) is 59.5 Å². The van der Waals surface area contributed by atoms with Crippen LogP contribution in [-0.4, -0.2) is 55.8 Å². The van der Waals surface area contributed by atoms with Crippen LogP contribution in [0.2, 0.25) is 0 Å². The number of piperidine rings is 1. The molecule has 3 rings (SSSR count). The van der Waals surface area contributed by atoms with Gasteiger partial charge in [0.05, 0.1) is 12.9 Å². The lowest BCUT2D eigenvalue weighted by atomic mass is 9.98. The molecule has 1 aliphatic heterocycles. The number of nitrogens with one attached hydrogen (secondary N) is 1. The highest BCUT2D eigenvalue weighted by molar-refractivity contribution is 8.00. The fourth-order valence-corrected chi connectivity index (χ4v) is 4.22. The van der Waals surface area contributed by atoms with Crippen LogP contribution in [0, 0.1) is 5.92 Å². The lowest BCUT2D eigenvalue weighted by Gasteiger charge is -2.33. The number of nitrogens with zero attached hydrogens (tertiary/aromatic N) is 1. The van der Waals surface area contributed by atoms with E-state index in [1.54, 1.807) is 31.0 Å². The van der Waals surface area contributed by atoms with Crippen LogP contribution in [0.1, 0.15) is 12.8 Å². The average Bonchev–Trinajstić information content (AvgIpc) is 2.80. The van der Waals surface area contributed by atoms with E-state index in [1.807, 2.05) is 47.4 Å². The largest absolute Gasteiger partial charge is 0.493 e. The molecular formula is C23H28N2O4S. The van der Waals surface area contributed by atoms with Gasteiger partial charge in [-0.1, -0.05) is 30.3 Å². The average molecular weight is 429 g/mol. The Morgan fingerprint density at radius 2 is 1.83 bits per heavy atom. The van der Waals surface area contributed by atoms with Crippen molar-refractivity contribution in [2.45, 2.75) is 17.7 Å². The number of likely N-dealkylation sites (tertiary alicyclic amines) is 1. The molecule has 6 nitrogen and oxygen atoms in total. The van der Waals surface area contributed by atoms with Gasteiger partial charge in [0.15, 0.2) is 18.1 Å². The second-order valence-corrected chi connectivity index (χ2v) is 8.24. The second-order valence-electron chi connectivity index (χ2n) is 7.19. The van der Waals surface area contributed by atoms with Gasteiger partial charge < -0.3 is 19.7 Å². The highest BCUT2D eigenvalue weighted by atomic mass is 32.2. The van der Waals surface area contributed by atoms with Crippen LogP contribution in [0.3, 0.4) is 0 Å². The second kappa shape index (κ2) is 11.5. The van der Waals surface area contributed by atoms with Crippen LogP contribution in [-0.2, 0) is 9.59 Å². The maximum absolute atomic E-state index is 12.6. The van der Waals surface area contributed by atoms with Crippen molar-refractivity contribution in [2.24, 2.45) is 5.92 Å². The number of para-hydroxylation sites is 2. The highest BCUT2D eigenvalue weighted by Gasteiger charge is 2.24. The zero-order chi connectivity index (χ0) is 21.2. The third-order valence-corrected chi connectivity index (χ3v) is 5.99. The van der Waals surface area contributed by atoms with Crippen molar-refractivity contribution in [2.75, 3.05) is 39.1 Å². The number of methoxy groups -OCH3 is 1. The molecule has 0 spiro atoms. The molecule has 2 aromatic rings. The van der Waals surface area contributed by atoms with Crippen molar-refractivity contribution in [1.82, 2.24) is 10.2 Å². The number of benzene rings is 2. The number of carbonyl (C=O) groups excluding carboxylic acids is 2. The van der Waals surface area contributed by atoms with Crippen molar-refractivity contribution < 1.29 is 19.1 Å². The number of carbonyl (C=O) groups is 2. The molecule has 0 unspecified atom stereocenters. The van der Waals surface area contributed by atoms with Crippen LogP contribution in [0.25, 0.3) is 0 Å². The smallest absolute Gasteiger partial charge is 0.257 e. The summed E-state index contributed by atoms with van der Waals surface area (Å²) in [4.78, 5) is 27.8. The first kappa shape index (κ1) is 22.0.